The van der Waals surface area contributed by atoms with Crippen molar-refractivity contribution in [1.29, 1.82) is 0 Å². The van der Waals surface area contributed by atoms with Crippen molar-refractivity contribution in [1.82, 2.24) is 5.32 Å². The summed E-state index contributed by atoms with van der Waals surface area (Å²) in [6.07, 6.45) is 4.06. The Morgan fingerprint density at radius 3 is 2.63 bits per heavy atom. The van der Waals surface area contributed by atoms with Gasteiger partial charge in [-0.15, -0.1) is 0 Å². The van der Waals surface area contributed by atoms with Gasteiger partial charge in [-0.1, -0.05) is 32.0 Å². The van der Waals surface area contributed by atoms with Crippen molar-refractivity contribution in [2.24, 2.45) is 5.92 Å². The minimum Gasteiger partial charge on any atom is -0.371 e. The van der Waals surface area contributed by atoms with Crippen LogP contribution in [0.3, 0.4) is 0 Å². The molecule has 1 aromatic rings. The molecule has 2 nitrogen and oxygen atoms in total. The monoisotopic (exact) mass is 260 g/mol. The average Bonchev–Trinajstić information content (AvgIpc) is 3.22. The molecule has 1 aliphatic carbocycles. The number of rotatable bonds is 8. The highest BCUT2D eigenvalue weighted by molar-refractivity contribution is 5.55. The lowest BCUT2D eigenvalue weighted by molar-refractivity contribution is 0.593. The Morgan fingerprint density at radius 2 is 2.00 bits per heavy atom. The Labute approximate surface area is 118 Å². The molecule has 1 aliphatic rings. The zero-order valence-electron chi connectivity index (χ0n) is 12.7. The van der Waals surface area contributed by atoms with Crippen molar-refractivity contribution in [3.05, 3.63) is 29.8 Å². The van der Waals surface area contributed by atoms with Crippen molar-refractivity contribution < 1.29 is 0 Å². The molecule has 0 spiro atoms. The maximum absolute atomic E-state index is 3.54. The maximum atomic E-state index is 3.54. The van der Waals surface area contributed by atoms with E-state index < -0.39 is 0 Å². The van der Waals surface area contributed by atoms with Crippen molar-refractivity contribution >= 4 is 5.69 Å². The van der Waals surface area contributed by atoms with Crippen LogP contribution in [-0.4, -0.2) is 19.6 Å². The quantitative estimate of drug-likeness (QED) is 0.760. The van der Waals surface area contributed by atoms with Crippen LogP contribution in [0, 0.1) is 5.92 Å². The molecule has 2 rings (SSSR count). The van der Waals surface area contributed by atoms with Gasteiger partial charge < -0.3 is 10.2 Å². The van der Waals surface area contributed by atoms with Crippen LogP contribution in [-0.2, 0) is 0 Å². The number of hydrogen-bond acceptors (Lipinski definition) is 2. The molecule has 0 heterocycles. The zero-order valence-corrected chi connectivity index (χ0v) is 12.7. The number of anilines is 1. The smallest absolute Gasteiger partial charge is 0.0414 e. The lowest BCUT2D eigenvalue weighted by atomic mass is 10.0. The molecule has 0 aliphatic heterocycles. The van der Waals surface area contributed by atoms with E-state index in [4.69, 9.17) is 0 Å². The Morgan fingerprint density at radius 1 is 1.26 bits per heavy atom. The molecule has 0 aromatic heterocycles. The third-order valence-corrected chi connectivity index (χ3v) is 3.92. The highest BCUT2D eigenvalue weighted by atomic mass is 15.1. The lowest BCUT2D eigenvalue weighted by Gasteiger charge is -2.29. The molecule has 19 heavy (non-hydrogen) atoms. The van der Waals surface area contributed by atoms with Gasteiger partial charge in [0.15, 0.2) is 0 Å². The minimum absolute atomic E-state index is 0.430. The first kappa shape index (κ1) is 14.4. The fourth-order valence-corrected chi connectivity index (χ4v) is 2.75. The zero-order chi connectivity index (χ0) is 13.7. The molecular formula is C17H28N2. The first-order valence-electron chi connectivity index (χ1n) is 7.83. The van der Waals surface area contributed by atoms with Crippen LogP contribution in [0.5, 0.6) is 0 Å². The fraction of sp³-hybridized carbons (Fsp3) is 0.647. The lowest BCUT2D eigenvalue weighted by Crippen LogP contribution is -2.29. The Kier molecular flexibility index (Phi) is 5.26. The summed E-state index contributed by atoms with van der Waals surface area (Å²) in [6.45, 7) is 10.1. The molecule has 1 aromatic carbocycles. The fourth-order valence-electron chi connectivity index (χ4n) is 2.75. The third-order valence-electron chi connectivity index (χ3n) is 3.92. The van der Waals surface area contributed by atoms with E-state index in [2.05, 4.69) is 55.3 Å². The second-order valence-corrected chi connectivity index (χ2v) is 5.73. The summed E-state index contributed by atoms with van der Waals surface area (Å²) < 4.78 is 0. The number of nitrogens with one attached hydrogen (secondary N) is 1. The minimum atomic E-state index is 0.430. The van der Waals surface area contributed by atoms with E-state index in [0.717, 1.165) is 12.5 Å². The molecule has 1 atom stereocenters. The number of nitrogens with zero attached hydrogens (tertiary/aromatic N) is 1. The molecule has 0 amide bonds. The summed E-state index contributed by atoms with van der Waals surface area (Å²) in [5.74, 6) is 0.939. The third kappa shape index (κ3) is 3.97. The first-order chi connectivity index (χ1) is 9.26. The van der Waals surface area contributed by atoms with Crippen molar-refractivity contribution in [2.75, 3.05) is 24.5 Å². The molecule has 1 saturated carbocycles. The van der Waals surface area contributed by atoms with Crippen LogP contribution in [0.25, 0.3) is 0 Å². The summed E-state index contributed by atoms with van der Waals surface area (Å²) >= 11 is 0. The Balaban J connectivity index is 2.18. The van der Waals surface area contributed by atoms with Gasteiger partial charge in [-0.2, -0.15) is 0 Å². The predicted octanol–water partition coefficient (Wildman–Crippen LogP) is 3.98. The maximum Gasteiger partial charge on any atom is 0.0414 e. The Bertz CT molecular complexity index is 385. The summed E-state index contributed by atoms with van der Waals surface area (Å²) in [6, 6.07) is 9.33. The summed E-state index contributed by atoms with van der Waals surface area (Å²) in [4.78, 5) is 2.60. The SMILES string of the molecule is CCCN(CC1CC1)c1ccccc1C(C)NCC. The average molecular weight is 260 g/mol. The molecular weight excluding hydrogens is 232 g/mol. The van der Waals surface area contributed by atoms with E-state index in [1.54, 1.807) is 0 Å². The van der Waals surface area contributed by atoms with E-state index in [9.17, 15) is 0 Å². The van der Waals surface area contributed by atoms with Gasteiger partial charge in [0.25, 0.3) is 0 Å². The molecule has 1 unspecified atom stereocenters. The van der Waals surface area contributed by atoms with Gasteiger partial charge in [0, 0.05) is 24.8 Å². The second-order valence-electron chi connectivity index (χ2n) is 5.73. The largest absolute Gasteiger partial charge is 0.371 e. The molecule has 2 heteroatoms. The first-order valence-corrected chi connectivity index (χ1v) is 7.83. The van der Waals surface area contributed by atoms with Gasteiger partial charge in [0.05, 0.1) is 0 Å². The van der Waals surface area contributed by atoms with Gasteiger partial charge in [0.1, 0.15) is 0 Å². The van der Waals surface area contributed by atoms with Gasteiger partial charge in [0.2, 0.25) is 0 Å². The number of para-hydroxylation sites is 1. The molecule has 0 saturated heterocycles. The molecule has 0 bridgehead atoms. The molecule has 106 valence electrons. The van der Waals surface area contributed by atoms with Crippen molar-refractivity contribution in [3.63, 3.8) is 0 Å². The van der Waals surface area contributed by atoms with E-state index in [-0.39, 0.29) is 0 Å². The van der Waals surface area contributed by atoms with Crippen molar-refractivity contribution in [2.45, 2.75) is 46.1 Å². The number of benzene rings is 1. The van der Waals surface area contributed by atoms with E-state index in [0.29, 0.717) is 6.04 Å². The standard InChI is InChI=1S/C17H28N2/c1-4-12-19(13-15-10-11-15)17-9-7-6-8-16(17)14(3)18-5-2/h6-9,14-15,18H,4-5,10-13H2,1-3H3. The molecule has 0 radical (unpaired) electrons. The van der Waals surface area contributed by atoms with Crippen LogP contribution in [0.4, 0.5) is 5.69 Å². The summed E-state index contributed by atoms with van der Waals surface area (Å²) in [5, 5.41) is 3.54. The molecule has 1 fully saturated rings. The normalized spacial score (nSPS) is 16.4. The summed E-state index contributed by atoms with van der Waals surface area (Å²) in [5.41, 5.74) is 2.88. The molecule has 1 N–H and O–H groups in total. The van der Waals surface area contributed by atoms with E-state index in [1.807, 2.05) is 0 Å². The van der Waals surface area contributed by atoms with Crippen LogP contribution in [0.15, 0.2) is 24.3 Å². The predicted molar refractivity (Wildman–Crippen MR) is 83.8 cm³/mol. The van der Waals surface area contributed by atoms with Gasteiger partial charge in [-0.25, -0.2) is 0 Å². The van der Waals surface area contributed by atoms with Crippen LogP contribution in [0.2, 0.25) is 0 Å². The van der Waals surface area contributed by atoms with Crippen molar-refractivity contribution in [3.8, 4) is 0 Å². The van der Waals surface area contributed by atoms with Crippen LogP contribution < -0.4 is 10.2 Å². The number of hydrogen-bond donors (Lipinski definition) is 1. The van der Waals surface area contributed by atoms with E-state index >= 15 is 0 Å². The van der Waals surface area contributed by atoms with E-state index in [1.165, 1.54) is 43.6 Å². The van der Waals surface area contributed by atoms with Crippen LogP contribution >= 0.6 is 0 Å². The van der Waals surface area contributed by atoms with Gasteiger partial charge in [-0.3, -0.25) is 0 Å². The summed E-state index contributed by atoms with van der Waals surface area (Å²) in [7, 11) is 0. The van der Waals surface area contributed by atoms with Crippen LogP contribution in [0.1, 0.15) is 51.6 Å². The van der Waals surface area contributed by atoms with Gasteiger partial charge in [-0.05, 0) is 50.3 Å². The highest BCUT2D eigenvalue weighted by Gasteiger charge is 2.25. The Hall–Kier alpha value is -1.02. The topological polar surface area (TPSA) is 15.3 Å². The van der Waals surface area contributed by atoms with Gasteiger partial charge >= 0.3 is 0 Å². The highest BCUT2D eigenvalue weighted by Crippen LogP contribution is 2.33. The second kappa shape index (κ2) is 6.95.